The van der Waals surface area contributed by atoms with Crippen molar-refractivity contribution in [3.05, 3.63) is 64.2 Å². The summed E-state index contributed by atoms with van der Waals surface area (Å²) in [6.07, 6.45) is 4.89. The van der Waals surface area contributed by atoms with Crippen LogP contribution >= 0.6 is 0 Å². The average molecular weight is 392 g/mol. The number of fused-ring (bicyclic) bond motifs is 2. The van der Waals surface area contributed by atoms with Gasteiger partial charge in [0.2, 0.25) is 11.9 Å². The number of amides is 3. The van der Waals surface area contributed by atoms with Gasteiger partial charge in [-0.05, 0) is 12.1 Å². The largest absolute Gasteiger partial charge is 0.311 e. The number of anilines is 1. The van der Waals surface area contributed by atoms with Crippen LogP contribution in [-0.4, -0.2) is 48.7 Å². The number of carbonyl (C=O) groups is 3. The van der Waals surface area contributed by atoms with E-state index in [4.69, 9.17) is 0 Å². The maximum Gasteiger partial charge on any atom is 0.280 e. The number of aromatic nitrogens is 4. The Labute approximate surface area is 163 Å². The third-order valence-electron chi connectivity index (χ3n) is 4.40. The van der Waals surface area contributed by atoms with Crippen molar-refractivity contribution in [1.29, 1.82) is 0 Å². The van der Waals surface area contributed by atoms with Crippen molar-refractivity contribution in [3.8, 4) is 0 Å². The second-order valence-corrected chi connectivity index (χ2v) is 6.40. The van der Waals surface area contributed by atoms with E-state index in [0.717, 1.165) is 0 Å². The Balaban J connectivity index is 1.49. The summed E-state index contributed by atoms with van der Waals surface area (Å²) in [6.45, 7) is 1.75. The zero-order valence-corrected chi connectivity index (χ0v) is 15.4. The molecule has 146 valence electrons. The third-order valence-corrected chi connectivity index (χ3v) is 4.40. The first-order valence-electron chi connectivity index (χ1n) is 8.78. The summed E-state index contributed by atoms with van der Waals surface area (Å²) in [5, 5.41) is 2.43. The van der Waals surface area contributed by atoms with Crippen LogP contribution in [0.1, 0.15) is 27.6 Å². The molecule has 0 bridgehead atoms. The van der Waals surface area contributed by atoms with Crippen LogP contribution in [0, 0.1) is 0 Å². The Bertz CT molecular complexity index is 1200. The molecule has 0 atom stereocenters. The highest BCUT2D eigenvalue weighted by atomic mass is 16.2. The number of imidazole rings is 1. The average Bonchev–Trinajstić information content (AvgIpc) is 3.19. The van der Waals surface area contributed by atoms with Crippen LogP contribution in [-0.2, 0) is 11.3 Å². The summed E-state index contributed by atoms with van der Waals surface area (Å²) in [5.41, 5.74) is 0.795. The number of hydrogen-bond donors (Lipinski definition) is 2. The van der Waals surface area contributed by atoms with Crippen LogP contribution in [0.25, 0.3) is 11.2 Å². The van der Waals surface area contributed by atoms with Crippen LogP contribution in [0.4, 0.5) is 5.95 Å². The van der Waals surface area contributed by atoms with Gasteiger partial charge in [0.25, 0.3) is 17.4 Å². The zero-order valence-electron chi connectivity index (χ0n) is 15.4. The molecule has 10 nitrogen and oxygen atoms in total. The molecule has 3 heterocycles. The van der Waals surface area contributed by atoms with Gasteiger partial charge in [0.15, 0.2) is 11.2 Å². The van der Waals surface area contributed by atoms with Crippen LogP contribution < -0.4 is 10.9 Å². The van der Waals surface area contributed by atoms with Crippen LogP contribution in [0.3, 0.4) is 0 Å². The molecule has 1 aliphatic heterocycles. The highest BCUT2D eigenvalue weighted by molar-refractivity contribution is 6.21. The molecule has 0 radical (unpaired) electrons. The molecule has 2 N–H and O–H groups in total. The molecule has 10 heteroatoms. The lowest BCUT2D eigenvalue weighted by molar-refractivity contribution is -0.114. The van der Waals surface area contributed by atoms with Crippen molar-refractivity contribution in [2.75, 3.05) is 11.9 Å². The lowest BCUT2D eigenvalue weighted by Crippen LogP contribution is -2.29. The first-order chi connectivity index (χ1) is 14.0. The number of rotatable bonds is 5. The Morgan fingerprint density at radius 2 is 1.76 bits per heavy atom. The number of imide groups is 1. The quantitative estimate of drug-likeness (QED) is 0.491. The highest BCUT2D eigenvalue weighted by Crippen LogP contribution is 2.22. The number of carbonyl (C=O) groups excluding carboxylic acids is 3. The van der Waals surface area contributed by atoms with E-state index in [1.165, 1.54) is 18.2 Å². The number of nitrogens with one attached hydrogen (secondary N) is 2. The van der Waals surface area contributed by atoms with Crippen molar-refractivity contribution in [3.63, 3.8) is 0 Å². The van der Waals surface area contributed by atoms with Gasteiger partial charge >= 0.3 is 0 Å². The second-order valence-electron chi connectivity index (χ2n) is 6.40. The number of allylic oxidation sites excluding steroid dienone is 1. The number of aromatic amines is 1. The topological polar surface area (TPSA) is 130 Å². The van der Waals surface area contributed by atoms with E-state index in [1.54, 1.807) is 41.0 Å². The smallest absolute Gasteiger partial charge is 0.280 e. The maximum absolute atomic E-state index is 12.3. The first kappa shape index (κ1) is 18.3. The van der Waals surface area contributed by atoms with Gasteiger partial charge in [-0.3, -0.25) is 34.4 Å². The summed E-state index contributed by atoms with van der Waals surface area (Å²) in [5.74, 6) is -0.973. The minimum absolute atomic E-state index is 0.0340. The fraction of sp³-hybridized carbons (Fsp3) is 0.158. The van der Waals surface area contributed by atoms with E-state index in [0.29, 0.717) is 23.3 Å². The normalized spacial score (nSPS) is 13.5. The number of H-pyrrole nitrogens is 1. The van der Waals surface area contributed by atoms with Crippen molar-refractivity contribution in [2.24, 2.45) is 0 Å². The summed E-state index contributed by atoms with van der Waals surface area (Å²) < 4.78 is 1.62. The fourth-order valence-electron chi connectivity index (χ4n) is 3.09. The van der Waals surface area contributed by atoms with E-state index in [2.05, 4.69) is 20.3 Å². The predicted molar refractivity (Wildman–Crippen MR) is 103 cm³/mol. The molecular formula is C19H16N6O4. The zero-order chi connectivity index (χ0) is 20.5. The van der Waals surface area contributed by atoms with E-state index in [1.807, 2.05) is 0 Å². The van der Waals surface area contributed by atoms with Gasteiger partial charge in [-0.2, -0.15) is 4.98 Å². The molecule has 2 aromatic heterocycles. The highest BCUT2D eigenvalue weighted by Gasteiger charge is 2.34. The van der Waals surface area contributed by atoms with Gasteiger partial charge in [0, 0.05) is 20.0 Å². The molecular weight excluding hydrogens is 376 g/mol. The summed E-state index contributed by atoms with van der Waals surface area (Å²) in [4.78, 5) is 59.8. The second kappa shape index (κ2) is 7.15. The van der Waals surface area contributed by atoms with Gasteiger partial charge in [-0.25, -0.2) is 4.98 Å². The molecule has 0 fully saturated rings. The van der Waals surface area contributed by atoms with Gasteiger partial charge in [0.05, 0.1) is 17.5 Å². The lowest BCUT2D eigenvalue weighted by Gasteiger charge is -2.10. The first-order valence-corrected chi connectivity index (χ1v) is 8.78. The number of nitrogens with zero attached hydrogens (tertiary/aromatic N) is 4. The van der Waals surface area contributed by atoms with Crippen LogP contribution in [0.15, 0.2) is 47.5 Å². The van der Waals surface area contributed by atoms with Crippen molar-refractivity contribution in [1.82, 2.24) is 24.4 Å². The fourth-order valence-corrected chi connectivity index (χ4v) is 3.09. The molecule has 0 unspecified atom stereocenters. The summed E-state index contributed by atoms with van der Waals surface area (Å²) >= 11 is 0. The molecule has 3 amide bonds. The van der Waals surface area contributed by atoms with Crippen molar-refractivity contribution in [2.45, 2.75) is 13.5 Å². The number of benzene rings is 1. The molecule has 0 saturated heterocycles. The minimum Gasteiger partial charge on any atom is -0.311 e. The van der Waals surface area contributed by atoms with E-state index < -0.39 is 5.56 Å². The van der Waals surface area contributed by atoms with Gasteiger partial charge in [-0.15, -0.1) is 0 Å². The Morgan fingerprint density at radius 3 is 2.41 bits per heavy atom. The van der Waals surface area contributed by atoms with Gasteiger partial charge in [0.1, 0.15) is 0 Å². The Morgan fingerprint density at radius 1 is 1.10 bits per heavy atom. The minimum atomic E-state index is -0.465. The van der Waals surface area contributed by atoms with Crippen LogP contribution in [0.5, 0.6) is 0 Å². The molecule has 29 heavy (non-hydrogen) atoms. The van der Waals surface area contributed by atoms with Crippen LogP contribution in [0.2, 0.25) is 0 Å². The maximum atomic E-state index is 12.3. The standard InChI is InChI=1S/C19H16N6O4/c1-11(26)21-19-22-15-14(16(27)23-19)20-10-24(15)8-4-5-9-25-17(28)12-6-2-3-7-13(12)18(25)29/h2-7,10H,8-9H2,1H3,(H2,21,22,23,26,27)/b5-4-. The monoisotopic (exact) mass is 392 g/mol. The third kappa shape index (κ3) is 3.31. The molecule has 0 saturated carbocycles. The lowest BCUT2D eigenvalue weighted by atomic mass is 10.1. The van der Waals surface area contributed by atoms with E-state index in [-0.39, 0.29) is 35.7 Å². The van der Waals surface area contributed by atoms with Gasteiger partial charge in [-0.1, -0.05) is 24.3 Å². The molecule has 1 aromatic carbocycles. The van der Waals surface area contributed by atoms with Gasteiger partial charge < -0.3 is 4.57 Å². The molecule has 0 spiro atoms. The Kier molecular flexibility index (Phi) is 4.51. The SMILES string of the molecule is CC(=O)Nc1nc2c(ncn2C/C=C\CN2C(=O)c3ccccc3C2=O)c(=O)[nH]1. The van der Waals surface area contributed by atoms with Crippen molar-refractivity contribution >= 4 is 34.8 Å². The summed E-state index contributed by atoms with van der Waals surface area (Å²) in [7, 11) is 0. The molecule has 0 aliphatic carbocycles. The molecule has 1 aliphatic rings. The Hall–Kier alpha value is -4.08. The number of hydrogen-bond acceptors (Lipinski definition) is 6. The van der Waals surface area contributed by atoms with E-state index >= 15 is 0 Å². The van der Waals surface area contributed by atoms with Crippen molar-refractivity contribution < 1.29 is 14.4 Å². The molecule has 3 aromatic rings. The van der Waals surface area contributed by atoms with E-state index in [9.17, 15) is 19.2 Å². The predicted octanol–water partition coefficient (Wildman–Crippen LogP) is 0.930. The summed E-state index contributed by atoms with van der Waals surface area (Å²) in [6, 6.07) is 6.70. The molecule has 4 rings (SSSR count).